The molecule has 0 N–H and O–H groups in total. The molecular weight excluding hydrogens is 424 g/mol. The van der Waals surface area contributed by atoms with E-state index < -0.39 is 5.63 Å². The minimum atomic E-state index is -0.394. The normalized spacial score (nSPS) is 11.0. The van der Waals surface area contributed by atoms with E-state index in [0.717, 1.165) is 35.6 Å². The van der Waals surface area contributed by atoms with Gasteiger partial charge in [-0.1, -0.05) is 12.1 Å². The van der Waals surface area contributed by atoms with Crippen molar-refractivity contribution in [3.05, 3.63) is 95.6 Å². The van der Waals surface area contributed by atoms with Crippen LogP contribution in [0.3, 0.4) is 0 Å². The summed E-state index contributed by atoms with van der Waals surface area (Å²) in [6.07, 6.45) is 3.45. The first kappa shape index (κ1) is 21.5. The van der Waals surface area contributed by atoms with Crippen LogP contribution in [0.5, 0.6) is 0 Å². The molecule has 0 saturated carbocycles. The summed E-state index contributed by atoms with van der Waals surface area (Å²) in [5, 5.41) is 0.862. The second-order valence-electron chi connectivity index (χ2n) is 7.90. The van der Waals surface area contributed by atoms with Gasteiger partial charge in [-0.25, -0.2) is 9.78 Å². The summed E-state index contributed by atoms with van der Waals surface area (Å²) >= 11 is 0. The van der Waals surface area contributed by atoms with Crippen molar-refractivity contribution in [2.24, 2.45) is 0 Å². The Kier molecular flexibility index (Phi) is 5.87. The van der Waals surface area contributed by atoms with Gasteiger partial charge in [0, 0.05) is 42.6 Å². The highest BCUT2D eigenvalue weighted by atomic mass is 16.4. The van der Waals surface area contributed by atoms with E-state index in [1.807, 2.05) is 66.7 Å². The molecule has 0 atom stereocenters. The molecule has 0 spiro atoms. The molecule has 0 amide bonds. The fraction of sp³-hybridized carbons (Fsp3) is 0.143. The van der Waals surface area contributed by atoms with Crippen LogP contribution in [0.1, 0.15) is 13.8 Å². The van der Waals surface area contributed by atoms with E-state index in [0.29, 0.717) is 28.1 Å². The van der Waals surface area contributed by atoms with E-state index in [-0.39, 0.29) is 0 Å². The van der Waals surface area contributed by atoms with Crippen LogP contribution in [0.25, 0.3) is 44.9 Å². The van der Waals surface area contributed by atoms with Gasteiger partial charge in [0.1, 0.15) is 5.58 Å². The van der Waals surface area contributed by atoms with Crippen molar-refractivity contribution in [2.45, 2.75) is 13.8 Å². The molecule has 6 heteroatoms. The molecule has 0 fully saturated rings. The number of pyridine rings is 3. The fourth-order valence-corrected chi connectivity index (χ4v) is 4.06. The number of fused-ring (bicyclic) bond motifs is 1. The number of hydrogen-bond donors (Lipinski definition) is 0. The molecule has 1 aromatic carbocycles. The molecular formula is C28H24N4O2. The number of rotatable bonds is 6. The molecule has 6 nitrogen and oxygen atoms in total. The molecule has 4 heterocycles. The van der Waals surface area contributed by atoms with Crippen molar-refractivity contribution in [1.82, 2.24) is 15.0 Å². The molecule has 0 unspecified atom stereocenters. The third kappa shape index (κ3) is 4.18. The molecule has 0 aliphatic heterocycles. The van der Waals surface area contributed by atoms with E-state index in [2.05, 4.69) is 34.8 Å². The number of nitrogens with zero attached hydrogens (tertiary/aromatic N) is 4. The van der Waals surface area contributed by atoms with Gasteiger partial charge in [0.2, 0.25) is 0 Å². The van der Waals surface area contributed by atoms with Crippen molar-refractivity contribution >= 4 is 16.7 Å². The topological polar surface area (TPSA) is 72.1 Å². The first-order chi connectivity index (χ1) is 16.7. The SMILES string of the molecule is CCN(CC)c1ccc2cc(-c3cc(-c4ccccn4)nc(-c4ccccn4)c3)c(=O)oc2c1. The Morgan fingerprint density at radius 2 is 1.41 bits per heavy atom. The van der Waals surface area contributed by atoms with Gasteiger partial charge in [-0.3, -0.25) is 9.97 Å². The third-order valence-electron chi connectivity index (χ3n) is 5.84. The average molecular weight is 449 g/mol. The highest BCUT2D eigenvalue weighted by Gasteiger charge is 2.15. The van der Waals surface area contributed by atoms with Gasteiger partial charge in [-0.2, -0.15) is 0 Å². The number of hydrogen-bond acceptors (Lipinski definition) is 6. The summed E-state index contributed by atoms with van der Waals surface area (Å²) in [4.78, 5) is 29.0. The van der Waals surface area contributed by atoms with Gasteiger partial charge in [-0.05, 0) is 74.0 Å². The van der Waals surface area contributed by atoms with Gasteiger partial charge in [-0.15, -0.1) is 0 Å². The Morgan fingerprint density at radius 1 is 0.765 bits per heavy atom. The molecule has 0 radical (unpaired) electrons. The van der Waals surface area contributed by atoms with E-state index >= 15 is 0 Å². The predicted octanol–water partition coefficient (Wildman–Crippen LogP) is 5.83. The summed E-state index contributed by atoms with van der Waals surface area (Å²) in [7, 11) is 0. The highest BCUT2D eigenvalue weighted by Crippen LogP contribution is 2.30. The first-order valence-electron chi connectivity index (χ1n) is 11.3. The number of anilines is 1. The lowest BCUT2D eigenvalue weighted by Crippen LogP contribution is -2.21. The Labute approximate surface area is 197 Å². The lowest BCUT2D eigenvalue weighted by Gasteiger charge is -2.21. The van der Waals surface area contributed by atoms with Gasteiger partial charge in [0.25, 0.3) is 0 Å². The summed E-state index contributed by atoms with van der Waals surface area (Å²) in [5.41, 5.74) is 5.15. The molecule has 4 aromatic heterocycles. The van der Waals surface area contributed by atoms with Gasteiger partial charge >= 0.3 is 5.63 Å². The summed E-state index contributed by atoms with van der Waals surface area (Å²) in [6.45, 7) is 5.98. The van der Waals surface area contributed by atoms with Gasteiger partial charge in [0.05, 0.1) is 28.3 Å². The van der Waals surface area contributed by atoms with Crippen molar-refractivity contribution in [1.29, 1.82) is 0 Å². The van der Waals surface area contributed by atoms with Crippen LogP contribution in [0.2, 0.25) is 0 Å². The lowest BCUT2D eigenvalue weighted by atomic mass is 10.0. The lowest BCUT2D eigenvalue weighted by molar-refractivity contribution is 0.563. The molecule has 168 valence electrons. The van der Waals surface area contributed by atoms with Gasteiger partial charge < -0.3 is 9.32 Å². The highest BCUT2D eigenvalue weighted by molar-refractivity contribution is 5.85. The van der Waals surface area contributed by atoms with Crippen LogP contribution in [-0.2, 0) is 0 Å². The van der Waals surface area contributed by atoms with Crippen LogP contribution in [-0.4, -0.2) is 28.0 Å². The zero-order chi connectivity index (χ0) is 23.5. The minimum absolute atomic E-state index is 0.394. The van der Waals surface area contributed by atoms with Crippen molar-refractivity contribution in [3.63, 3.8) is 0 Å². The van der Waals surface area contributed by atoms with Crippen molar-refractivity contribution < 1.29 is 4.42 Å². The Bertz CT molecular complexity index is 1440. The molecule has 0 bridgehead atoms. The van der Waals surface area contributed by atoms with Crippen LogP contribution in [0.15, 0.2) is 94.4 Å². The van der Waals surface area contributed by atoms with Crippen LogP contribution in [0, 0.1) is 0 Å². The van der Waals surface area contributed by atoms with E-state index in [1.165, 1.54) is 0 Å². The smallest absolute Gasteiger partial charge is 0.344 e. The second-order valence-corrected chi connectivity index (χ2v) is 7.90. The molecule has 0 saturated heterocycles. The third-order valence-corrected chi connectivity index (χ3v) is 5.84. The Balaban J connectivity index is 1.68. The monoisotopic (exact) mass is 448 g/mol. The number of aromatic nitrogens is 3. The largest absolute Gasteiger partial charge is 0.422 e. The summed E-state index contributed by atoms with van der Waals surface area (Å²) < 4.78 is 5.78. The maximum Gasteiger partial charge on any atom is 0.344 e. The van der Waals surface area contributed by atoms with Crippen molar-refractivity contribution in [2.75, 3.05) is 18.0 Å². The maximum atomic E-state index is 13.1. The molecule has 34 heavy (non-hydrogen) atoms. The van der Waals surface area contributed by atoms with E-state index in [9.17, 15) is 4.79 Å². The Morgan fingerprint density at radius 3 is 1.97 bits per heavy atom. The maximum absolute atomic E-state index is 13.1. The summed E-state index contributed by atoms with van der Waals surface area (Å²) in [6, 6.07) is 22.9. The zero-order valence-corrected chi connectivity index (χ0v) is 19.1. The molecule has 0 aliphatic carbocycles. The van der Waals surface area contributed by atoms with Crippen LogP contribution in [0.4, 0.5) is 5.69 Å². The quantitative estimate of drug-likeness (QED) is 0.305. The minimum Gasteiger partial charge on any atom is -0.422 e. The van der Waals surface area contributed by atoms with Crippen molar-refractivity contribution in [3.8, 4) is 33.9 Å². The van der Waals surface area contributed by atoms with E-state index in [1.54, 1.807) is 12.4 Å². The summed E-state index contributed by atoms with van der Waals surface area (Å²) in [5.74, 6) is 0. The van der Waals surface area contributed by atoms with Gasteiger partial charge in [0.15, 0.2) is 0 Å². The van der Waals surface area contributed by atoms with Crippen LogP contribution >= 0.6 is 0 Å². The number of benzene rings is 1. The predicted molar refractivity (Wildman–Crippen MR) is 136 cm³/mol. The second kappa shape index (κ2) is 9.27. The molecule has 5 aromatic rings. The zero-order valence-electron chi connectivity index (χ0n) is 19.1. The Hall–Kier alpha value is -4.32. The molecule has 5 rings (SSSR count). The molecule has 0 aliphatic rings. The first-order valence-corrected chi connectivity index (χ1v) is 11.3. The standard InChI is InChI=1S/C28H24N4O2/c1-3-32(4-2)21-12-11-19-15-22(28(33)34-27(19)18-21)20-16-25(23-9-5-7-13-29-23)31-26(17-20)24-10-6-8-14-30-24/h5-18H,3-4H2,1-2H3. The fourth-order valence-electron chi connectivity index (χ4n) is 4.06. The van der Waals surface area contributed by atoms with Crippen LogP contribution < -0.4 is 10.5 Å². The average Bonchev–Trinajstić information content (AvgIpc) is 2.89. The van der Waals surface area contributed by atoms with E-state index in [4.69, 9.17) is 9.40 Å².